The average molecular weight is 286 g/mol. The van der Waals surface area contributed by atoms with Crippen LogP contribution in [-0.4, -0.2) is 28.0 Å². The highest BCUT2D eigenvalue weighted by Gasteiger charge is 2.27. The predicted octanol–water partition coefficient (Wildman–Crippen LogP) is 2.02. The highest BCUT2D eigenvalue weighted by molar-refractivity contribution is 5.80. The molecule has 1 amide bonds. The second-order valence-electron chi connectivity index (χ2n) is 5.63. The Kier molecular flexibility index (Phi) is 3.41. The zero-order chi connectivity index (χ0) is 15.0. The summed E-state index contributed by atoms with van der Waals surface area (Å²) in [5.74, 6) is -0.198. The van der Waals surface area contributed by atoms with Gasteiger partial charge in [-0.2, -0.15) is 0 Å². The minimum Gasteiger partial charge on any atom is -0.408 e. The maximum atomic E-state index is 12.5. The first-order valence-corrected chi connectivity index (χ1v) is 7.12. The van der Waals surface area contributed by atoms with Crippen molar-refractivity contribution in [2.45, 2.75) is 26.4 Å². The maximum absolute atomic E-state index is 12.5. The largest absolute Gasteiger partial charge is 0.420 e. The van der Waals surface area contributed by atoms with E-state index in [1.54, 1.807) is 23.1 Å². The molecule has 0 radical (unpaired) electrons. The van der Waals surface area contributed by atoms with Gasteiger partial charge >= 0.3 is 5.76 Å². The first-order chi connectivity index (χ1) is 10.1. The molecular formula is C16H18N2O3. The normalized spacial score (nSPS) is 18.0. The number of carbonyl (C=O) groups excluding carboxylic acids is 1. The van der Waals surface area contributed by atoms with E-state index in [2.05, 4.69) is 19.9 Å². The molecule has 1 aromatic carbocycles. The van der Waals surface area contributed by atoms with E-state index in [9.17, 15) is 9.59 Å². The molecule has 0 fully saturated rings. The van der Waals surface area contributed by atoms with Gasteiger partial charge in [0.15, 0.2) is 5.58 Å². The van der Waals surface area contributed by atoms with Gasteiger partial charge < -0.3 is 9.32 Å². The van der Waals surface area contributed by atoms with Crippen LogP contribution in [0.15, 0.2) is 45.6 Å². The van der Waals surface area contributed by atoms with E-state index < -0.39 is 5.76 Å². The van der Waals surface area contributed by atoms with Crippen LogP contribution >= 0.6 is 0 Å². The molecule has 1 aliphatic heterocycles. The Balaban J connectivity index is 1.87. The quantitative estimate of drug-likeness (QED) is 0.811. The number of oxazole rings is 1. The summed E-state index contributed by atoms with van der Waals surface area (Å²) in [7, 11) is 0. The average Bonchev–Trinajstić information content (AvgIpc) is 3.04. The molecule has 1 aliphatic rings. The number of aromatic nitrogens is 1. The molecule has 110 valence electrons. The highest BCUT2D eigenvalue weighted by Crippen LogP contribution is 2.19. The van der Waals surface area contributed by atoms with E-state index in [4.69, 9.17) is 4.42 Å². The standard InChI is InChI=1S/C16H18N2O3/c1-11(2)12-7-5-9-17(12)15(19)10-18-13-6-3-4-8-14(13)21-16(18)20/h3-8,11-12H,9-10H2,1-2H3. The van der Waals surface area contributed by atoms with Gasteiger partial charge in [0.1, 0.15) is 6.54 Å². The summed E-state index contributed by atoms with van der Waals surface area (Å²) >= 11 is 0. The summed E-state index contributed by atoms with van der Waals surface area (Å²) in [6.07, 6.45) is 4.05. The van der Waals surface area contributed by atoms with Gasteiger partial charge in [0, 0.05) is 6.54 Å². The smallest absolute Gasteiger partial charge is 0.408 e. The Morgan fingerprint density at radius 3 is 2.90 bits per heavy atom. The van der Waals surface area contributed by atoms with Crippen LogP contribution in [-0.2, 0) is 11.3 Å². The van der Waals surface area contributed by atoms with E-state index in [0.29, 0.717) is 23.6 Å². The van der Waals surface area contributed by atoms with Gasteiger partial charge in [-0.1, -0.05) is 38.1 Å². The molecule has 2 aromatic rings. The number of carbonyl (C=O) groups is 1. The molecule has 5 heteroatoms. The van der Waals surface area contributed by atoms with Gasteiger partial charge in [-0.15, -0.1) is 0 Å². The van der Waals surface area contributed by atoms with Crippen LogP contribution in [0.1, 0.15) is 13.8 Å². The number of fused-ring (bicyclic) bond motifs is 1. The third kappa shape index (κ3) is 2.39. The fourth-order valence-electron chi connectivity index (χ4n) is 2.78. The topological polar surface area (TPSA) is 55.5 Å². The van der Waals surface area contributed by atoms with E-state index in [1.165, 1.54) is 4.57 Å². The van der Waals surface area contributed by atoms with E-state index in [0.717, 1.165) is 0 Å². The maximum Gasteiger partial charge on any atom is 0.420 e. The zero-order valence-corrected chi connectivity index (χ0v) is 12.2. The summed E-state index contributed by atoms with van der Waals surface area (Å²) in [6.45, 7) is 4.78. The van der Waals surface area contributed by atoms with Crippen LogP contribution in [0.3, 0.4) is 0 Å². The minimum absolute atomic E-state index is 0.0146. The molecule has 0 spiro atoms. The van der Waals surface area contributed by atoms with Crippen molar-refractivity contribution in [3.8, 4) is 0 Å². The molecule has 0 saturated heterocycles. The van der Waals surface area contributed by atoms with Crippen molar-refractivity contribution in [3.63, 3.8) is 0 Å². The van der Waals surface area contributed by atoms with Gasteiger partial charge in [0.2, 0.25) is 5.91 Å². The molecule has 1 aromatic heterocycles. The summed E-state index contributed by atoms with van der Waals surface area (Å²) in [4.78, 5) is 26.2. The molecular weight excluding hydrogens is 268 g/mol. The lowest BCUT2D eigenvalue weighted by molar-refractivity contribution is -0.132. The molecule has 1 atom stereocenters. The number of rotatable bonds is 3. The van der Waals surface area contributed by atoms with E-state index in [-0.39, 0.29) is 18.5 Å². The third-order valence-electron chi connectivity index (χ3n) is 3.87. The number of amides is 1. The summed E-state index contributed by atoms with van der Waals surface area (Å²) < 4.78 is 6.55. The number of hydrogen-bond acceptors (Lipinski definition) is 3. The van der Waals surface area contributed by atoms with Gasteiger partial charge in [-0.25, -0.2) is 4.79 Å². The number of benzene rings is 1. The summed E-state index contributed by atoms with van der Waals surface area (Å²) in [5, 5.41) is 0. The van der Waals surface area contributed by atoms with E-state index in [1.807, 2.05) is 12.1 Å². The van der Waals surface area contributed by atoms with Crippen LogP contribution in [0.4, 0.5) is 0 Å². The van der Waals surface area contributed by atoms with Crippen LogP contribution < -0.4 is 5.76 Å². The Hall–Kier alpha value is -2.30. The Morgan fingerprint density at radius 2 is 2.14 bits per heavy atom. The van der Waals surface area contributed by atoms with Crippen LogP contribution in [0.25, 0.3) is 11.1 Å². The van der Waals surface area contributed by atoms with Crippen molar-refractivity contribution in [1.29, 1.82) is 0 Å². The lowest BCUT2D eigenvalue weighted by atomic mass is 10.0. The molecule has 5 nitrogen and oxygen atoms in total. The molecule has 0 bridgehead atoms. The Morgan fingerprint density at radius 1 is 1.38 bits per heavy atom. The number of hydrogen-bond donors (Lipinski definition) is 0. The number of nitrogens with zero attached hydrogens (tertiary/aromatic N) is 2. The van der Waals surface area contributed by atoms with Crippen molar-refractivity contribution >= 4 is 17.0 Å². The Bertz CT molecular complexity index is 754. The minimum atomic E-state index is -0.488. The second-order valence-corrected chi connectivity index (χ2v) is 5.63. The zero-order valence-electron chi connectivity index (χ0n) is 12.2. The van der Waals surface area contributed by atoms with Crippen molar-refractivity contribution in [2.75, 3.05) is 6.54 Å². The van der Waals surface area contributed by atoms with Crippen LogP contribution in [0, 0.1) is 5.92 Å². The molecule has 3 rings (SSSR count). The van der Waals surface area contributed by atoms with Gasteiger partial charge in [0.25, 0.3) is 0 Å². The molecule has 1 unspecified atom stereocenters. The summed E-state index contributed by atoms with van der Waals surface area (Å²) in [5.41, 5.74) is 1.17. The van der Waals surface area contributed by atoms with Gasteiger partial charge in [-0.3, -0.25) is 9.36 Å². The molecule has 0 saturated carbocycles. The first-order valence-electron chi connectivity index (χ1n) is 7.12. The fraction of sp³-hybridized carbons (Fsp3) is 0.375. The third-order valence-corrected chi connectivity index (χ3v) is 3.87. The first kappa shape index (κ1) is 13.7. The second kappa shape index (κ2) is 5.24. The van der Waals surface area contributed by atoms with Crippen molar-refractivity contribution < 1.29 is 9.21 Å². The SMILES string of the molecule is CC(C)C1C=CCN1C(=O)Cn1c(=O)oc2ccccc21. The molecule has 2 heterocycles. The van der Waals surface area contributed by atoms with Crippen molar-refractivity contribution in [2.24, 2.45) is 5.92 Å². The molecule has 0 N–H and O–H groups in total. The molecule has 0 aliphatic carbocycles. The van der Waals surface area contributed by atoms with Gasteiger partial charge in [0.05, 0.1) is 11.6 Å². The summed E-state index contributed by atoms with van der Waals surface area (Å²) in [6, 6.07) is 7.25. The lowest BCUT2D eigenvalue weighted by Gasteiger charge is -2.27. The fourth-order valence-corrected chi connectivity index (χ4v) is 2.78. The van der Waals surface area contributed by atoms with Crippen LogP contribution in [0.5, 0.6) is 0 Å². The van der Waals surface area contributed by atoms with Gasteiger partial charge in [-0.05, 0) is 18.1 Å². The van der Waals surface area contributed by atoms with Crippen molar-refractivity contribution in [3.05, 3.63) is 47.0 Å². The van der Waals surface area contributed by atoms with E-state index >= 15 is 0 Å². The molecule has 21 heavy (non-hydrogen) atoms. The number of para-hydroxylation sites is 2. The lowest BCUT2D eigenvalue weighted by Crippen LogP contribution is -2.41. The van der Waals surface area contributed by atoms with Crippen LogP contribution in [0.2, 0.25) is 0 Å². The highest BCUT2D eigenvalue weighted by atomic mass is 16.4. The van der Waals surface area contributed by atoms with Crippen molar-refractivity contribution in [1.82, 2.24) is 9.47 Å². The Labute approximate surface area is 122 Å². The monoisotopic (exact) mass is 286 g/mol. The predicted molar refractivity (Wildman–Crippen MR) is 80.0 cm³/mol.